The van der Waals surface area contributed by atoms with Crippen molar-refractivity contribution in [3.8, 4) is 11.5 Å². The van der Waals surface area contributed by atoms with Crippen molar-refractivity contribution in [3.63, 3.8) is 0 Å². The van der Waals surface area contributed by atoms with Crippen LogP contribution in [0.4, 0.5) is 5.69 Å². The lowest BCUT2D eigenvalue weighted by Crippen LogP contribution is -2.43. The summed E-state index contributed by atoms with van der Waals surface area (Å²) in [6.45, 7) is 0.907. The van der Waals surface area contributed by atoms with Gasteiger partial charge >= 0.3 is 0 Å². The van der Waals surface area contributed by atoms with Crippen molar-refractivity contribution in [2.45, 2.75) is 38.5 Å². The van der Waals surface area contributed by atoms with Crippen molar-refractivity contribution in [2.24, 2.45) is 11.3 Å². The highest BCUT2D eigenvalue weighted by atomic mass is 16.5. The first-order valence-electron chi connectivity index (χ1n) is 9.93. The third-order valence-electron chi connectivity index (χ3n) is 6.06. The lowest BCUT2D eigenvalue weighted by Gasteiger charge is -2.35. The zero-order valence-electron chi connectivity index (χ0n) is 16.7. The molecule has 2 amide bonds. The van der Waals surface area contributed by atoms with Crippen molar-refractivity contribution in [2.75, 3.05) is 38.8 Å². The predicted octanol–water partition coefficient (Wildman–Crippen LogP) is 2.12. The number of hydrogen-bond acceptors (Lipinski definition) is 5. The second-order valence-corrected chi connectivity index (χ2v) is 7.88. The summed E-state index contributed by atoms with van der Waals surface area (Å²) in [5.41, 5.74) is 0.483. The second-order valence-electron chi connectivity index (χ2n) is 7.88. The smallest absolute Gasteiger partial charge is 0.227 e. The van der Waals surface area contributed by atoms with Gasteiger partial charge in [-0.15, -0.1) is 0 Å². The molecule has 1 aliphatic heterocycles. The number of aliphatic hydroxyl groups is 1. The first kappa shape index (κ1) is 20.5. The Kier molecular flexibility index (Phi) is 6.44. The van der Waals surface area contributed by atoms with E-state index >= 15 is 0 Å². The zero-order chi connectivity index (χ0) is 20.1. The van der Waals surface area contributed by atoms with Gasteiger partial charge in [0, 0.05) is 36.7 Å². The highest BCUT2D eigenvalue weighted by Gasteiger charge is 2.37. The summed E-state index contributed by atoms with van der Waals surface area (Å²) in [7, 11) is 3.11. The molecular weight excluding hydrogens is 360 g/mol. The van der Waals surface area contributed by atoms with Crippen molar-refractivity contribution in [3.05, 3.63) is 18.2 Å². The number of rotatable bonds is 7. The van der Waals surface area contributed by atoms with E-state index in [9.17, 15) is 14.7 Å². The van der Waals surface area contributed by atoms with Crippen LogP contribution in [0, 0.1) is 11.3 Å². The molecule has 7 heteroatoms. The van der Waals surface area contributed by atoms with Crippen LogP contribution >= 0.6 is 0 Å². The molecular formula is C21H30N2O5. The Morgan fingerprint density at radius 3 is 2.57 bits per heavy atom. The molecule has 28 heavy (non-hydrogen) atoms. The highest BCUT2D eigenvalue weighted by molar-refractivity contribution is 6.00. The molecule has 3 rings (SSSR count). The van der Waals surface area contributed by atoms with Gasteiger partial charge in [0.25, 0.3) is 0 Å². The molecule has 0 spiro atoms. The fourth-order valence-electron chi connectivity index (χ4n) is 4.24. The molecule has 154 valence electrons. The Hall–Kier alpha value is -2.28. The van der Waals surface area contributed by atoms with E-state index in [1.165, 1.54) is 6.42 Å². The number of methoxy groups -OCH3 is 2. The van der Waals surface area contributed by atoms with Crippen molar-refractivity contribution in [1.82, 2.24) is 5.32 Å². The normalized spacial score (nSPS) is 21.5. The fraction of sp³-hybridized carbons (Fsp3) is 0.619. The number of benzene rings is 1. The molecule has 0 aromatic heterocycles. The zero-order valence-corrected chi connectivity index (χ0v) is 16.7. The number of aliphatic hydroxyl groups excluding tert-OH is 1. The topological polar surface area (TPSA) is 88.1 Å². The van der Waals surface area contributed by atoms with Gasteiger partial charge in [0.15, 0.2) is 11.5 Å². The quantitative estimate of drug-likeness (QED) is 0.745. The van der Waals surface area contributed by atoms with Crippen LogP contribution in [0.2, 0.25) is 0 Å². The molecule has 1 aliphatic carbocycles. The SMILES string of the molecule is COc1ccc(N2CC(C(=O)NCC3(CO)CCCCC3)CC2=O)cc1OC. The number of anilines is 1. The maximum atomic E-state index is 12.7. The van der Waals surface area contributed by atoms with Gasteiger partial charge in [-0.3, -0.25) is 9.59 Å². The van der Waals surface area contributed by atoms with Gasteiger partial charge in [-0.25, -0.2) is 0 Å². The Morgan fingerprint density at radius 1 is 1.21 bits per heavy atom. The molecule has 1 heterocycles. The maximum Gasteiger partial charge on any atom is 0.227 e. The first-order chi connectivity index (χ1) is 13.5. The second kappa shape index (κ2) is 8.82. The number of nitrogens with zero attached hydrogens (tertiary/aromatic N) is 1. The summed E-state index contributed by atoms with van der Waals surface area (Å²) in [5.74, 6) is 0.549. The van der Waals surface area contributed by atoms with Crippen LogP contribution in [-0.4, -0.2) is 50.8 Å². The number of hydrogen-bond donors (Lipinski definition) is 2. The summed E-state index contributed by atoms with van der Waals surface area (Å²) < 4.78 is 10.5. The average Bonchev–Trinajstić information content (AvgIpc) is 3.13. The van der Waals surface area contributed by atoms with Gasteiger partial charge in [-0.2, -0.15) is 0 Å². The van der Waals surface area contributed by atoms with Crippen LogP contribution in [-0.2, 0) is 9.59 Å². The number of carbonyl (C=O) groups is 2. The monoisotopic (exact) mass is 390 g/mol. The lowest BCUT2D eigenvalue weighted by atomic mass is 9.74. The van der Waals surface area contributed by atoms with Crippen molar-refractivity contribution >= 4 is 17.5 Å². The summed E-state index contributed by atoms with van der Waals surface area (Å²) in [6.07, 6.45) is 5.42. The Labute approximate surface area is 166 Å². The molecule has 2 fully saturated rings. The minimum atomic E-state index is -0.389. The molecule has 0 radical (unpaired) electrons. The average molecular weight is 390 g/mol. The Bertz CT molecular complexity index is 715. The van der Waals surface area contributed by atoms with E-state index in [2.05, 4.69) is 5.32 Å². The summed E-state index contributed by atoms with van der Waals surface area (Å²) in [4.78, 5) is 26.8. The van der Waals surface area contributed by atoms with E-state index in [0.717, 1.165) is 25.7 Å². The van der Waals surface area contributed by atoms with E-state index in [1.54, 1.807) is 37.3 Å². The molecule has 2 N–H and O–H groups in total. The molecule has 1 aromatic carbocycles. The summed E-state index contributed by atoms with van der Waals surface area (Å²) >= 11 is 0. The molecule has 1 saturated heterocycles. The molecule has 1 atom stereocenters. The van der Waals surface area contributed by atoms with Gasteiger partial charge in [0.05, 0.1) is 26.7 Å². The highest BCUT2D eigenvalue weighted by Crippen LogP contribution is 2.36. The summed E-state index contributed by atoms with van der Waals surface area (Å²) in [6, 6.07) is 5.30. The van der Waals surface area contributed by atoms with E-state index in [-0.39, 0.29) is 36.2 Å². The molecule has 1 unspecified atom stereocenters. The minimum Gasteiger partial charge on any atom is -0.493 e. The van der Waals surface area contributed by atoms with Gasteiger partial charge in [-0.1, -0.05) is 19.3 Å². The van der Waals surface area contributed by atoms with Crippen LogP contribution in [0.3, 0.4) is 0 Å². The maximum absolute atomic E-state index is 12.7. The Balaban J connectivity index is 1.63. The van der Waals surface area contributed by atoms with Gasteiger partial charge < -0.3 is 24.8 Å². The summed E-state index contributed by atoms with van der Waals surface area (Å²) in [5, 5.41) is 12.8. The number of amides is 2. The van der Waals surface area contributed by atoms with E-state index in [1.807, 2.05) is 0 Å². The number of nitrogens with one attached hydrogen (secondary N) is 1. The van der Waals surface area contributed by atoms with Crippen LogP contribution in [0.15, 0.2) is 18.2 Å². The van der Waals surface area contributed by atoms with E-state index in [0.29, 0.717) is 30.3 Å². The van der Waals surface area contributed by atoms with Crippen LogP contribution in [0.25, 0.3) is 0 Å². The standard InChI is InChI=1S/C21H30N2O5/c1-27-17-7-6-16(11-18(17)28-2)23-12-15(10-19(23)25)20(26)22-13-21(14-24)8-4-3-5-9-21/h6-7,11,15,24H,3-5,8-10,12-14H2,1-2H3,(H,22,26). The minimum absolute atomic E-state index is 0.0816. The molecule has 1 saturated carbocycles. The molecule has 2 aliphatic rings. The molecule has 7 nitrogen and oxygen atoms in total. The van der Waals surface area contributed by atoms with E-state index in [4.69, 9.17) is 9.47 Å². The molecule has 1 aromatic rings. The van der Waals surface area contributed by atoms with Gasteiger partial charge in [0.1, 0.15) is 0 Å². The third-order valence-corrected chi connectivity index (χ3v) is 6.06. The van der Waals surface area contributed by atoms with Crippen molar-refractivity contribution < 1.29 is 24.2 Å². The van der Waals surface area contributed by atoms with Crippen LogP contribution in [0.1, 0.15) is 38.5 Å². The molecule has 0 bridgehead atoms. The first-order valence-corrected chi connectivity index (χ1v) is 9.93. The predicted molar refractivity (Wildman–Crippen MR) is 106 cm³/mol. The number of ether oxygens (including phenoxy) is 2. The lowest BCUT2D eigenvalue weighted by molar-refractivity contribution is -0.127. The van der Waals surface area contributed by atoms with E-state index < -0.39 is 0 Å². The van der Waals surface area contributed by atoms with Crippen LogP contribution < -0.4 is 19.7 Å². The van der Waals surface area contributed by atoms with Crippen molar-refractivity contribution in [1.29, 1.82) is 0 Å². The Morgan fingerprint density at radius 2 is 1.93 bits per heavy atom. The third kappa shape index (κ3) is 4.24. The largest absolute Gasteiger partial charge is 0.493 e. The van der Waals surface area contributed by atoms with Gasteiger partial charge in [-0.05, 0) is 25.0 Å². The van der Waals surface area contributed by atoms with Crippen LogP contribution in [0.5, 0.6) is 11.5 Å². The van der Waals surface area contributed by atoms with Gasteiger partial charge in [0.2, 0.25) is 11.8 Å². The number of carbonyl (C=O) groups excluding carboxylic acids is 2. The fourth-order valence-corrected chi connectivity index (χ4v) is 4.24.